The lowest BCUT2D eigenvalue weighted by Gasteiger charge is -2.11. The van der Waals surface area contributed by atoms with E-state index in [2.05, 4.69) is 4.72 Å². The van der Waals surface area contributed by atoms with Crippen molar-refractivity contribution in [1.29, 1.82) is 5.41 Å². The Morgan fingerprint density at radius 1 is 1.15 bits per heavy atom. The van der Waals surface area contributed by atoms with E-state index in [1.54, 1.807) is 49.4 Å². The number of nitrogens with one attached hydrogen (secondary N) is 2. The second-order valence-electron chi connectivity index (χ2n) is 4.37. The first-order chi connectivity index (χ1) is 9.40. The second-order valence-corrected chi connectivity index (χ2v) is 6.02. The molecule has 5 nitrogen and oxygen atoms in total. The van der Waals surface area contributed by atoms with Crippen LogP contribution < -0.4 is 10.5 Å². The zero-order chi connectivity index (χ0) is 14.8. The highest BCUT2D eigenvalue weighted by molar-refractivity contribution is 7.92. The molecule has 0 radical (unpaired) electrons. The van der Waals surface area contributed by atoms with Gasteiger partial charge in [-0.2, -0.15) is 0 Å². The highest BCUT2D eigenvalue weighted by Crippen LogP contribution is 2.19. The third-order valence-corrected chi connectivity index (χ3v) is 4.35. The van der Waals surface area contributed by atoms with E-state index in [0.29, 0.717) is 16.8 Å². The van der Waals surface area contributed by atoms with Gasteiger partial charge in [0.05, 0.1) is 4.90 Å². The van der Waals surface area contributed by atoms with E-state index in [1.165, 1.54) is 6.07 Å². The topological polar surface area (TPSA) is 96.0 Å². The molecule has 2 aromatic carbocycles. The fourth-order valence-electron chi connectivity index (χ4n) is 1.82. The molecule has 0 saturated heterocycles. The van der Waals surface area contributed by atoms with Crippen molar-refractivity contribution in [2.45, 2.75) is 11.8 Å². The van der Waals surface area contributed by atoms with Gasteiger partial charge in [0.15, 0.2) is 0 Å². The van der Waals surface area contributed by atoms with Crippen molar-refractivity contribution >= 4 is 21.5 Å². The highest BCUT2D eigenvalue weighted by Gasteiger charge is 2.16. The summed E-state index contributed by atoms with van der Waals surface area (Å²) in [5.41, 5.74) is 6.90. The highest BCUT2D eigenvalue weighted by atomic mass is 32.2. The summed E-state index contributed by atoms with van der Waals surface area (Å²) in [5, 5.41) is 7.36. The van der Waals surface area contributed by atoms with Gasteiger partial charge in [0.1, 0.15) is 5.84 Å². The van der Waals surface area contributed by atoms with E-state index in [4.69, 9.17) is 11.1 Å². The minimum absolute atomic E-state index is 0.109. The van der Waals surface area contributed by atoms with Gasteiger partial charge in [0, 0.05) is 11.3 Å². The first kappa shape index (κ1) is 14.1. The Hall–Kier alpha value is -2.34. The van der Waals surface area contributed by atoms with Gasteiger partial charge in [-0.05, 0) is 30.7 Å². The number of sulfonamides is 1. The number of nitrogens with two attached hydrogens (primary N) is 1. The normalized spacial score (nSPS) is 11.1. The third kappa shape index (κ3) is 2.97. The summed E-state index contributed by atoms with van der Waals surface area (Å²) in [6.45, 7) is 1.74. The number of hydrogen-bond acceptors (Lipinski definition) is 3. The first-order valence-corrected chi connectivity index (χ1v) is 7.41. The van der Waals surface area contributed by atoms with Crippen molar-refractivity contribution in [2.24, 2.45) is 5.73 Å². The van der Waals surface area contributed by atoms with Gasteiger partial charge >= 0.3 is 0 Å². The molecule has 0 aromatic heterocycles. The summed E-state index contributed by atoms with van der Waals surface area (Å²) in [4.78, 5) is 0.230. The number of anilines is 1. The standard InChI is InChI=1S/C14H15N3O2S/c1-10-5-2-3-8-13(10)20(18,19)17-12-7-4-6-11(9-12)14(15)16/h2-9,17H,1H3,(H3,15,16). The molecular formula is C14H15N3O2S. The fraction of sp³-hybridized carbons (Fsp3) is 0.0714. The van der Waals surface area contributed by atoms with E-state index in [1.807, 2.05) is 0 Å². The molecule has 0 atom stereocenters. The summed E-state index contributed by atoms with van der Waals surface area (Å²) in [6.07, 6.45) is 0. The summed E-state index contributed by atoms with van der Waals surface area (Å²) in [7, 11) is -3.65. The molecule has 6 heteroatoms. The maximum Gasteiger partial charge on any atom is 0.262 e. The summed E-state index contributed by atoms with van der Waals surface area (Å²) in [6, 6.07) is 13.2. The maximum absolute atomic E-state index is 12.3. The van der Waals surface area contributed by atoms with E-state index in [9.17, 15) is 8.42 Å². The first-order valence-electron chi connectivity index (χ1n) is 5.93. The molecule has 0 amide bonds. The van der Waals surface area contributed by atoms with Crippen LogP contribution >= 0.6 is 0 Å². The molecule has 0 aliphatic heterocycles. The van der Waals surface area contributed by atoms with Crippen LogP contribution in [0.3, 0.4) is 0 Å². The van der Waals surface area contributed by atoms with Crippen LogP contribution in [0.15, 0.2) is 53.4 Å². The molecule has 104 valence electrons. The van der Waals surface area contributed by atoms with Crippen molar-refractivity contribution in [3.8, 4) is 0 Å². The van der Waals surface area contributed by atoms with Gasteiger partial charge in [0.25, 0.3) is 10.0 Å². The zero-order valence-electron chi connectivity index (χ0n) is 10.9. The van der Waals surface area contributed by atoms with Gasteiger partial charge in [0.2, 0.25) is 0 Å². The monoisotopic (exact) mass is 289 g/mol. The average molecular weight is 289 g/mol. The van der Waals surface area contributed by atoms with Crippen LogP contribution in [0.1, 0.15) is 11.1 Å². The Bertz CT molecular complexity index is 755. The predicted molar refractivity (Wildman–Crippen MR) is 79.4 cm³/mol. The molecule has 2 aromatic rings. The average Bonchev–Trinajstić information content (AvgIpc) is 2.38. The van der Waals surface area contributed by atoms with Crippen molar-refractivity contribution < 1.29 is 8.42 Å². The summed E-state index contributed by atoms with van der Waals surface area (Å²) >= 11 is 0. The Morgan fingerprint density at radius 3 is 2.50 bits per heavy atom. The Balaban J connectivity index is 2.36. The lowest BCUT2D eigenvalue weighted by molar-refractivity contribution is 0.600. The number of aryl methyl sites for hydroxylation is 1. The summed E-state index contributed by atoms with van der Waals surface area (Å²) in [5.74, 6) is -0.109. The van der Waals surface area contributed by atoms with Gasteiger partial charge in [-0.1, -0.05) is 30.3 Å². The quantitative estimate of drug-likeness (QED) is 0.594. The molecule has 0 bridgehead atoms. The third-order valence-electron chi connectivity index (χ3n) is 2.81. The van der Waals surface area contributed by atoms with Gasteiger partial charge in [-0.25, -0.2) is 8.42 Å². The van der Waals surface area contributed by atoms with Gasteiger partial charge < -0.3 is 5.73 Å². The molecule has 0 spiro atoms. The minimum Gasteiger partial charge on any atom is -0.384 e. The number of nitrogen functional groups attached to an aromatic ring is 1. The van der Waals surface area contributed by atoms with Crippen molar-refractivity contribution in [3.05, 3.63) is 59.7 Å². The second kappa shape index (κ2) is 5.34. The van der Waals surface area contributed by atoms with Crippen LogP contribution in [0.4, 0.5) is 5.69 Å². The van der Waals surface area contributed by atoms with E-state index >= 15 is 0 Å². The molecule has 2 rings (SSSR count). The van der Waals surface area contributed by atoms with Crippen molar-refractivity contribution in [2.75, 3.05) is 4.72 Å². The summed E-state index contributed by atoms with van der Waals surface area (Å²) < 4.78 is 27.1. The van der Waals surface area contributed by atoms with Crippen LogP contribution in [-0.4, -0.2) is 14.3 Å². The van der Waals surface area contributed by atoms with E-state index in [-0.39, 0.29) is 10.7 Å². The van der Waals surface area contributed by atoms with Gasteiger partial charge in [-0.3, -0.25) is 10.1 Å². The molecular weight excluding hydrogens is 274 g/mol. The predicted octanol–water partition coefficient (Wildman–Crippen LogP) is 2.08. The molecule has 4 N–H and O–H groups in total. The molecule has 0 unspecified atom stereocenters. The minimum atomic E-state index is -3.65. The van der Waals surface area contributed by atoms with Crippen molar-refractivity contribution in [1.82, 2.24) is 0 Å². The van der Waals surface area contributed by atoms with Crippen LogP contribution in [0.2, 0.25) is 0 Å². The number of benzene rings is 2. The number of rotatable bonds is 4. The number of hydrogen-bond donors (Lipinski definition) is 3. The largest absolute Gasteiger partial charge is 0.384 e. The maximum atomic E-state index is 12.3. The zero-order valence-corrected chi connectivity index (χ0v) is 11.7. The molecule has 0 heterocycles. The van der Waals surface area contributed by atoms with Crippen molar-refractivity contribution in [3.63, 3.8) is 0 Å². The van der Waals surface area contributed by atoms with Crippen LogP contribution in [0, 0.1) is 12.3 Å². The number of amidine groups is 1. The molecule has 20 heavy (non-hydrogen) atoms. The van der Waals surface area contributed by atoms with Crippen LogP contribution in [-0.2, 0) is 10.0 Å². The van der Waals surface area contributed by atoms with Gasteiger partial charge in [-0.15, -0.1) is 0 Å². The van der Waals surface area contributed by atoms with Crippen LogP contribution in [0.5, 0.6) is 0 Å². The Labute approximate surface area is 118 Å². The molecule has 0 saturated carbocycles. The molecule has 0 aliphatic rings. The molecule has 0 fully saturated rings. The van der Waals surface area contributed by atoms with E-state index < -0.39 is 10.0 Å². The van der Waals surface area contributed by atoms with E-state index in [0.717, 1.165) is 0 Å². The Kier molecular flexibility index (Phi) is 3.76. The Morgan fingerprint density at radius 2 is 1.85 bits per heavy atom. The van der Waals surface area contributed by atoms with Crippen LogP contribution in [0.25, 0.3) is 0 Å². The lowest BCUT2D eigenvalue weighted by Crippen LogP contribution is -2.15. The lowest BCUT2D eigenvalue weighted by atomic mass is 10.2. The fourth-order valence-corrected chi connectivity index (χ4v) is 3.12. The smallest absolute Gasteiger partial charge is 0.262 e. The SMILES string of the molecule is Cc1ccccc1S(=O)(=O)Nc1cccc(C(=N)N)c1. The molecule has 0 aliphatic carbocycles.